The van der Waals surface area contributed by atoms with Gasteiger partial charge in [-0.25, -0.2) is 4.79 Å². The average Bonchev–Trinajstić information content (AvgIpc) is 2.15. The predicted molar refractivity (Wildman–Crippen MR) is 73.1 cm³/mol. The molecule has 0 aromatic heterocycles. The van der Waals surface area contributed by atoms with Crippen molar-refractivity contribution in [2.45, 2.75) is 51.9 Å². The van der Waals surface area contributed by atoms with E-state index in [0.29, 0.717) is 0 Å². The van der Waals surface area contributed by atoms with Crippen molar-refractivity contribution in [3.8, 4) is 0 Å². The van der Waals surface area contributed by atoms with Gasteiger partial charge in [0.25, 0.3) is 0 Å². The Morgan fingerprint density at radius 2 is 2.00 bits per heavy atom. The third-order valence-corrected chi connectivity index (χ3v) is 2.97. The van der Waals surface area contributed by atoms with Crippen molar-refractivity contribution >= 4 is 28.7 Å². The molecule has 0 fully saturated rings. The van der Waals surface area contributed by atoms with Crippen LogP contribution in [0.2, 0.25) is 0 Å². The van der Waals surface area contributed by atoms with Gasteiger partial charge < -0.3 is 14.8 Å². The lowest BCUT2D eigenvalue weighted by molar-refractivity contribution is 0.0360. The average molecular weight is 343 g/mol. The largest absolute Gasteiger partial charge is 0.444 e. The van der Waals surface area contributed by atoms with Gasteiger partial charge in [-0.2, -0.15) is 0 Å². The molecule has 0 unspecified atom stereocenters. The zero-order valence-electron chi connectivity index (χ0n) is 10.7. The molecule has 96 valence electrons. The van der Waals surface area contributed by atoms with Gasteiger partial charge >= 0.3 is 6.09 Å². The number of carbonyl (C=O) groups is 1. The second kappa shape index (κ2) is 7.32. The molecule has 0 aliphatic carbocycles. The van der Waals surface area contributed by atoms with Crippen molar-refractivity contribution in [1.29, 1.82) is 0 Å². The summed E-state index contributed by atoms with van der Waals surface area (Å²) in [5.74, 6) is 0. The second-order valence-corrected chi connectivity index (χ2v) is 5.47. The summed E-state index contributed by atoms with van der Waals surface area (Å²) in [4.78, 5) is 11.6. The highest BCUT2D eigenvalue weighted by Gasteiger charge is 2.23. The van der Waals surface area contributed by atoms with E-state index in [1.54, 1.807) is 7.11 Å². The number of nitrogens with one attached hydrogen (secondary N) is 1. The number of alkyl halides is 1. The highest BCUT2D eigenvalue weighted by atomic mass is 127. The summed E-state index contributed by atoms with van der Waals surface area (Å²) in [5.41, 5.74) is -0.464. The third kappa shape index (κ3) is 6.52. The van der Waals surface area contributed by atoms with Crippen LogP contribution >= 0.6 is 22.6 Å². The van der Waals surface area contributed by atoms with E-state index < -0.39 is 5.60 Å². The molecule has 0 saturated heterocycles. The zero-order chi connectivity index (χ0) is 12.8. The van der Waals surface area contributed by atoms with E-state index in [0.717, 1.165) is 10.8 Å². The molecular formula is C11H22INO3. The summed E-state index contributed by atoms with van der Waals surface area (Å²) >= 11 is 2.23. The molecule has 4 nitrogen and oxygen atoms in total. The quantitative estimate of drug-likeness (QED) is 0.617. The highest BCUT2D eigenvalue weighted by Crippen LogP contribution is 2.10. The van der Waals surface area contributed by atoms with Crippen LogP contribution in [0.5, 0.6) is 0 Å². The predicted octanol–water partition coefficient (Wildman–Crippen LogP) is 2.74. The molecule has 0 rings (SSSR count). The molecule has 1 N–H and O–H groups in total. The Labute approximate surface area is 112 Å². The van der Waals surface area contributed by atoms with Crippen molar-refractivity contribution in [2.75, 3.05) is 11.5 Å². The van der Waals surface area contributed by atoms with Gasteiger partial charge in [-0.3, -0.25) is 0 Å². The van der Waals surface area contributed by atoms with Gasteiger partial charge in [0, 0.05) is 11.5 Å². The minimum Gasteiger partial charge on any atom is -0.444 e. The Balaban J connectivity index is 4.26. The van der Waals surface area contributed by atoms with Crippen LogP contribution in [0.3, 0.4) is 0 Å². The van der Waals surface area contributed by atoms with Crippen LogP contribution in [-0.4, -0.2) is 35.4 Å². The number of amides is 1. The van der Waals surface area contributed by atoms with E-state index in [1.165, 1.54) is 0 Å². The number of alkyl carbamates (subject to hydrolysis) is 1. The fourth-order valence-electron chi connectivity index (χ4n) is 1.31. The van der Waals surface area contributed by atoms with Crippen LogP contribution in [-0.2, 0) is 9.47 Å². The second-order valence-electron chi connectivity index (χ2n) is 4.59. The summed E-state index contributed by atoms with van der Waals surface area (Å²) in [7, 11) is 1.66. The number of halogens is 1. The molecule has 16 heavy (non-hydrogen) atoms. The summed E-state index contributed by atoms with van der Waals surface area (Å²) in [6.45, 7) is 7.57. The van der Waals surface area contributed by atoms with Crippen molar-refractivity contribution in [3.05, 3.63) is 0 Å². The number of hydrogen-bond donors (Lipinski definition) is 1. The summed E-state index contributed by atoms with van der Waals surface area (Å²) in [6, 6.07) is -0.00884. The van der Waals surface area contributed by atoms with E-state index in [9.17, 15) is 4.79 Å². The van der Waals surface area contributed by atoms with Crippen molar-refractivity contribution in [2.24, 2.45) is 0 Å². The molecular weight excluding hydrogens is 321 g/mol. The first-order valence-electron chi connectivity index (χ1n) is 5.42. The fourth-order valence-corrected chi connectivity index (χ4v) is 2.09. The molecule has 1 amide bonds. The van der Waals surface area contributed by atoms with Gasteiger partial charge in [-0.05, 0) is 27.2 Å². The maximum Gasteiger partial charge on any atom is 0.407 e. The van der Waals surface area contributed by atoms with Crippen LogP contribution < -0.4 is 5.32 Å². The number of ether oxygens (including phenoxy) is 2. The Kier molecular flexibility index (Phi) is 7.30. The summed E-state index contributed by atoms with van der Waals surface area (Å²) in [5, 5.41) is 2.83. The number of methoxy groups -OCH3 is 1. The first kappa shape index (κ1) is 16.0. The van der Waals surface area contributed by atoms with Crippen molar-refractivity contribution in [1.82, 2.24) is 5.32 Å². The van der Waals surface area contributed by atoms with Crippen LogP contribution in [0.1, 0.15) is 34.1 Å². The van der Waals surface area contributed by atoms with E-state index >= 15 is 0 Å². The molecule has 0 aromatic rings. The summed E-state index contributed by atoms with van der Waals surface area (Å²) < 4.78 is 11.3. The van der Waals surface area contributed by atoms with Crippen LogP contribution in [0, 0.1) is 0 Å². The molecule has 0 bridgehead atoms. The van der Waals surface area contributed by atoms with Crippen molar-refractivity contribution < 1.29 is 14.3 Å². The molecule has 2 atom stereocenters. The minimum absolute atomic E-state index is 0.00884. The molecule has 0 heterocycles. The lowest BCUT2D eigenvalue weighted by atomic mass is 10.1. The number of hydrogen-bond acceptors (Lipinski definition) is 3. The fraction of sp³-hybridized carbons (Fsp3) is 0.909. The number of carbonyl (C=O) groups excluding carboxylic acids is 1. The zero-order valence-corrected chi connectivity index (χ0v) is 12.8. The lowest BCUT2D eigenvalue weighted by Gasteiger charge is -2.26. The maximum absolute atomic E-state index is 11.6. The molecule has 0 spiro atoms. The Hall–Kier alpha value is -0.0400. The van der Waals surface area contributed by atoms with Gasteiger partial charge in [-0.15, -0.1) is 0 Å². The lowest BCUT2D eigenvalue weighted by Crippen LogP contribution is -2.47. The monoisotopic (exact) mass is 343 g/mol. The molecule has 0 aliphatic rings. The van der Waals surface area contributed by atoms with E-state index in [1.807, 2.05) is 27.7 Å². The van der Waals surface area contributed by atoms with Crippen LogP contribution in [0.25, 0.3) is 0 Å². The number of rotatable bonds is 5. The standard InChI is InChI=1S/C11H22INO3/c1-6-9(15-5)8(7-12)13-10(14)16-11(2,3)4/h8-9H,6-7H2,1-5H3,(H,13,14)/t8-,9+/m1/s1. The molecule has 5 heteroatoms. The van der Waals surface area contributed by atoms with Gasteiger partial charge in [0.1, 0.15) is 5.60 Å². The van der Waals surface area contributed by atoms with E-state index in [4.69, 9.17) is 9.47 Å². The highest BCUT2D eigenvalue weighted by molar-refractivity contribution is 14.1. The van der Waals surface area contributed by atoms with Gasteiger partial charge in [0.05, 0.1) is 12.1 Å². The maximum atomic E-state index is 11.6. The van der Waals surface area contributed by atoms with Gasteiger partial charge in [-0.1, -0.05) is 29.5 Å². The Bertz CT molecular complexity index is 212. The van der Waals surface area contributed by atoms with Crippen LogP contribution in [0.4, 0.5) is 4.79 Å². The van der Waals surface area contributed by atoms with Gasteiger partial charge in [0.2, 0.25) is 0 Å². The Morgan fingerprint density at radius 3 is 2.31 bits per heavy atom. The van der Waals surface area contributed by atoms with E-state index in [-0.39, 0.29) is 18.2 Å². The first-order chi connectivity index (χ1) is 7.34. The first-order valence-corrected chi connectivity index (χ1v) is 6.94. The minimum atomic E-state index is -0.464. The summed E-state index contributed by atoms with van der Waals surface area (Å²) in [6.07, 6.45) is 0.508. The third-order valence-electron chi connectivity index (χ3n) is 2.02. The SMILES string of the molecule is CC[C@H](OC)[C@@H](CI)NC(=O)OC(C)(C)C. The van der Waals surface area contributed by atoms with Crippen molar-refractivity contribution in [3.63, 3.8) is 0 Å². The molecule has 0 aromatic carbocycles. The molecule has 0 aliphatic heterocycles. The molecule has 0 saturated carbocycles. The molecule has 0 radical (unpaired) electrons. The smallest absolute Gasteiger partial charge is 0.407 e. The van der Waals surface area contributed by atoms with E-state index in [2.05, 4.69) is 27.9 Å². The topological polar surface area (TPSA) is 47.6 Å². The Morgan fingerprint density at radius 1 is 1.44 bits per heavy atom. The van der Waals surface area contributed by atoms with Gasteiger partial charge in [0.15, 0.2) is 0 Å². The normalized spacial score (nSPS) is 15.4. The van der Waals surface area contributed by atoms with Crippen LogP contribution in [0.15, 0.2) is 0 Å².